The summed E-state index contributed by atoms with van der Waals surface area (Å²) in [4.78, 5) is 142. The molecule has 16 heteroatoms. The standard InChI is InChI=1S/C128H88N8O8/c137-121-106-105-113(129(121)73-81-25-9-1-10-26-81)97-57-41-89(42-58-97)90-45-61-99(62-46-90)115-107-108(124(140)131(115)75-83-29-13-3-14-30-83)117(133(123(107)139)77-85-33-17-5-18-34-85)101-65-49-93(50-66-101)94-53-69-103(70-54-94)119-111-112(128(144)135(119)79-87-37-21-7-22-38-87)120(136(127(111)143)80-88-39-23-8-24-40-88)104-71-55-96(56-72-104)95-51-67-102(68-52-95)118-110-109(125(141)134(118)78-86-35-19-6-20-36-86)116(132(126(110)142)76-84-31-15-4-16-32-84)100-63-47-92(48-64-100)91-43-59-98(60-44-91)114(106)130(122(105)138)74-82-27-11-2-12-28-82/h1-72H,73-80H2. The lowest BCUT2D eigenvalue weighted by Crippen LogP contribution is -2.29. The highest BCUT2D eigenvalue weighted by Gasteiger charge is 2.54. The third-order valence-electron chi connectivity index (χ3n) is 28.8. The summed E-state index contributed by atoms with van der Waals surface area (Å²) in [6.45, 7) is 1.41. The summed E-state index contributed by atoms with van der Waals surface area (Å²) in [6.07, 6.45) is 0. The number of rotatable bonds is 16. The third-order valence-corrected chi connectivity index (χ3v) is 28.8. The molecule has 0 fully saturated rings. The van der Waals surface area contributed by atoms with Gasteiger partial charge in [0.1, 0.15) is 0 Å². The van der Waals surface area contributed by atoms with Crippen molar-refractivity contribution in [3.63, 3.8) is 0 Å². The van der Waals surface area contributed by atoms with E-state index in [1.807, 2.05) is 437 Å². The van der Waals surface area contributed by atoms with Crippen molar-refractivity contribution in [2.75, 3.05) is 0 Å². The van der Waals surface area contributed by atoms with Crippen LogP contribution in [0.25, 0.3) is 90.1 Å². The van der Waals surface area contributed by atoms with E-state index in [9.17, 15) is 0 Å². The van der Waals surface area contributed by atoms with E-state index < -0.39 is 0 Å². The Morgan fingerprint density at radius 1 is 0.104 bits per heavy atom. The average Bonchev–Trinajstić information content (AvgIpc) is 1.57. The molecule has 16 nitrogen and oxygen atoms in total. The summed E-state index contributed by atoms with van der Waals surface area (Å²) >= 11 is 0. The molecule has 0 unspecified atom stereocenters. The maximum atomic E-state index is 16.0. The van der Waals surface area contributed by atoms with Crippen LogP contribution in [0.15, 0.2) is 481 Å². The first-order valence-electron chi connectivity index (χ1n) is 48.4. The molecule has 0 saturated heterocycles. The van der Waals surface area contributed by atoms with Crippen LogP contribution in [0.4, 0.5) is 0 Å². The fourth-order valence-corrected chi connectivity index (χ4v) is 21.9. The van der Waals surface area contributed by atoms with Gasteiger partial charge in [-0.15, -0.1) is 0 Å². The third kappa shape index (κ3) is 15.1. The highest BCUT2D eigenvalue weighted by Crippen LogP contribution is 2.55. The predicted octanol–water partition coefficient (Wildman–Crippen LogP) is 23.5. The van der Waals surface area contributed by atoms with Crippen LogP contribution in [0.2, 0.25) is 0 Å². The molecule has 688 valence electrons. The van der Waals surface area contributed by atoms with E-state index in [4.69, 9.17) is 0 Å². The Hall–Kier alpha value is -18.8. The second-order valence-corrected chi connectivity index (χ2v) is 37.4. The zero-order chi connectivity index (χ0) is 96.9. The van der Waals surface area contributed by atoms with E-state index >= 15 is 38.4 Å². The van der Waals surface area contributed by atoms with Crippen molar-refractivity contribution in [3.8, 4) is 44.5 Å². The van der Waals surface area contributed by atoms with Gasteiger partial charge in [-0.3, -0.25) is 38.4 Å². The van der Waals surface area contributed by atoms with Crippen LogP contribution in [-0.2, 0) is 90.7 Å². The summed E-state index contributed by atoms with van der Waals surface area (Å²) in [5, 5.41) is 0. The van der Waals surface area contributed by atoms with Gasteiger partial charge in [-0.25, -0.2) is 0 Å². The topological polar surface area (TPSA) is 162 Å². The van der Waals surface area contributed by atoms with Crippen LogP contribution < -0.4 is 0 Å². The highest BCUT2D eigenvalue weighted by atomic mass is 16.2. The maximum absolute atomic E-state index is 16.0. The number of hydrogen-bond donors (Lipinski definition) is 0. The molecule has 37 rings (SSSR count). The summed E-state index contributed by atoms with van der Waals surface area (Å²) in [5.41, 5.74) is 25.3. The average molecular weight is 1870 g/mol. The molecule has 8 amide bonds. The van der Waals surface area contributed by atoms with Crippen LogP contribution in [-0.4, -0.2) is 86.5 Å². The Morgan fingerprint density at radius 2 is 0.188 bits per heavy atom. The molecule has 0 aromatic heterocycles. The highest BCUT2D eigenvalue weighted by molar-refractivity contribution is 6.34. The Bertz CT molecular complexity index is 6820. The van der Waals surface area contributed by atoms with Crippen molar-refractivity contribution in [3.05, 3.63) is 570 Å². The fourth-order valence-electron chi connectivity index (χ4n) is 21.9. The first kappa shape index (κ1) is 86.8. The Morgan fingerprint density at radius 3 is 0.278 bits per heavy atom. The van der Waals surface area contributed by atoms with Crippen LogP contribution >= 0.6 is 0 Å². The minimum atomic E-state index is -0.313. The minimum Gasteiger partial charge on any atom is -0.302 e. The smallest absolute Gasteiger partial charge is 0.261 e. The van der Waals surface area contributed by atoms with E-state index in [2.05, 4.69) is 0 Å². The molecule has 8 heterocycles. The van der Waals surface area contributed by atoms with Gasteiger partial charge in [-0.1, -0.05) is 437 Å². The second kappa shape index (κ2) is 35.9. The van der Waals surface area contributed by atoms with Crippen molar-refractivity contribution < 1.29 is 38.4 Å². The zero-order valence-corrected chi connectivity index (χ0v) is 78.1. The van der Waals surface area contributed by atoms with E-state index in [-0.39, 0.29) is 99.6 Å². The van der Waals surface area contributed by atoms with Crippen LogP contribution in [0, 0.1) is 0 Å². The molecule has 8 aliphatic heterocycles. The van der Waals surface area contributed by atoms with Crippen LogP contribution in [0.1, 0.15) is 89.0 Å². The summed E-state index contributed by atoms with van der Waals surface area (Å²) in [5.74, 6) is -2.50. The van der Waals surface area contributed by atoms with Gasteiger partial charge in [-0.2, -0.15) is 0 Å². The molecule has 144 heavy (non-hydrogen) atoms. The first-order chi connectivity index (χ1) is 70.7. The van der Waals surface area contributed by atoms with Crippen LogP contribution in [0.3, 0.4) is 0 Å². The predicted molar refractivity (Wildman–Crippen MR) is 559 cm³/mol. The molecule has 32 bridgehead atoms. The van der Waals surface area contributed by atoms with Gasteiger partial charge in [0.25, 0.3) is 47.3 Å². The Balaban J connectivity index is 0.651. The monoisotopic (exact) mass is 1860 g/mol. The first-order valence-corrected chi connectivity index (χ1v) is 48.4. The summed E-state index contributed by atoms with van der Waals surface area (Å²) in [7, 11) is 0. The quantitative estimate of drug-likeness (QED) is 0.0923. The number of amides is 8. The largest absolute Gasteiger partial charge is 0.302 e. The molecule has 0 N–H and O–H groups in total. The molecule has 16 aromatic carbocycles. The van der Waals surface area contributed by atoms with Crippen molar-refractivity contribution in [1.29, 1.82) is 0 Å². The molecule has 0 atom stereocenters. The van der Waals surface area contributed by atoms with Gasteiger partial charge in [0.05, 0.1) is 143 Å². The zero-order valence-electron chi connectivity index (χ0n) is 78.1. The van der Waals surface area contributed by atoms with E-state index in [1.54, 1.807) is 39.2 Å². The molecule has 13 aliphatic carbocycles. The van der Waals surface area contributed by atoms with Crippen molar-refractivity contribution in [2.24, 2.45) is 0 Å². The number of benzene rings is 16. The Kier molecular flexibility index (Phi) is 21.6. The van der Waals surface area contributed by atoms with E-state index in [1.165, 1.54) is 0 Å². The van der Waals surface area contributed by atoms with E-state index in [0.29, 0.717) is 135 Å². The molecule has 16 aromatic rings. The SMILES string of the molecule is O=C1C2=C3c4ccc(cc4)-c4ccc(cc4)C4=C5C(=O)N(Cc6ccccc6)C(=C5C(=O)N4Cc4ccccc4)c4ccc(cc4)-c4ccc(cc4)C4=C5C(=O)N(Cc6ccccc6)C(=C5C(=O)N4Cc4ccccc4)c4ccc(cc4)-c4ccc(cc4)C4=C5C(=O)N(Cc6ccccc6)C(=C5C(=O)N4Cc4ccccc4)c4ccc(cc4)-c4ccc(cc4)C(=C2C(=O)N3Cc2ccccc2)N1Cc1ccccc1. The molecule has 0 spiro atoms. The van der Waals surface area contributed by atoms with Gasteiger partial charge in [0, 0.05) is 0 Å². The lowest BCUT2D eigenvalue weighted by molar-refractivity contribution is -0.124. The number of carbonyl (C=O) groups is 8. The van der Waals surface area contributed by atoms with Crippen molar-refractivity contribution >= 4 is 92.8 Å². The number of hydrogen-bond acceptors (Lipinski definition) is 8. The number of carbonyl (C=O) groups excluding carboxylic acids is 8. The lowest BCUT2D eigenvalue weighted by Gasteiger charge is -2.26. The second-order valence-electron chi connectivity index (χ2n) is 37.4. The normalized spacial score (nSPS) is 15.8. The minimum absolute atomic E-state index is 0.176. The van der Waals surface area contributed by atoms with Gasteiger partial charge in [-0.05, 0) is 134 Å². The van der Waals surface area contributed by atoms with Crippen molar-refractivity contribution in [1.82, 2.24) is 39.2 Å². The summed E-state index contributed by atoms with van der Waals surface area (Å²) < 4.78 is 0. The van der Waals surface area contributed by atoms with Gasteiger partial charge < -0.3 is 39.2 Å². The van der Waals surface area contributed by atoms with Gasteiger partial charge >= 0.3 is 0 Å². The molecular formula is C128H88N8O8. The fraction of sp³-hybridized carbons (Fsp3) is 0.0625. The molecule has 0 saturated carbocycles. The molecule has 21 aliphatic rings. The van der Waals surface area contributed by atoms with Crippen LogP contribution in [0.5, 0.6) is 0 Å². The number of nitrogens with zero attached hydrogens (tertiary/aromatic N) is 8. The molecule has 0 radical (unpaired) electrons. The van der Waals surface area contributed by atoms with Gasteiger partial charge in [0.15, 0.2) is 0 Å². The van der Waals surface area contributed by atoms with Gasteiger partial charge in [0.2, 0.25) is 0 Å². The summed E-state index contributed by atoms with van der Waals surface area (Å²) in [6, 6.07) is 142. The van der Waals surface area contributed by atoms with E-state index in [0.717, 1.165) is 89.0 Å². The Labute approximate surface area is 832 Å². The van der Waals surface area contributed by atoms with Crippen molar-refractivity contribution in [2.45, 2.75) is 52.4 Å². The lowest BCUT2D eigenvalue weighted by atomic mass is 9.96. The molecular weight excluding hydrogens is 1780 g/mol. The maximum Gasteiger partial charge on any atom is 0.261 e.